The molecule has 0 spiro atoms. The van der Waals surface area contributed by atoms with Crippen molar-refractivity contribution in [1.29, 1.82) is 0 Å². The third-order valence-corrected chi connectivity index (χ3v) is 3.55. The van der Waals surface area contributed by atoms with Gasteiger partial charge in [0, 0.05) is 16.5 Å². The van der Waals surface area contributed by atoms with Gasteiger partial charge in [-0.25, -0.2) is 4.79 Å². The largest absolute Gasteiger partial charge is 0.478 e. The fraction of sp³-hybridized carbons (Fsp3) is 0.188. The Morgan fingerprint density at radius 2 is 2.00 bits per heavy atom. The highest BCUT2D eigenvalue weighted by Gasteiger charge is 2.21. The van der Waals surface area contributed by atoms with Crippen molar-refractivity contribution in [3.05, 3.63) is 63.6 Å². The molecule has 0 aliphatic rings. The van der Waals surface area contributed by atoms with E-state index in [0.29, 0.717) is 21.4 Å². The molecule has 0 aliphatic heterocycles. The Labute approximate surface area is 133 Å². The molecule has 1 atom stereocenters. The number of halogens is 2. The van der Waals surface area contributed by atoms with Crippen LogP contribution in [0.5, 0.6) is 5.75 Å². The van der Waals surface area contributed by atoms with Crippen LogP contribution in [-0.2, 0) is 11.2 Å². The van der Waals surface area contributed by atoms with Crippen molar-refractivity contribution in [2.75, 3.05) is 0 Å². The second-order valence-corrected chi connectivity index (χ2v) is 5.54. The average molecular weight is 325 g/mol. The molecule has 0 aliphatic carbocycles. The summed E-state index contributed by atoms with van der Waals surface area (Å²) in [5.74, 6) is -0.519. The molecule has 0 amide bonds. The summed E-state index contributed by atoms with van der Waals surface area (Å²) in [6.45, 7) is 1.92. The molecule has 0 bridgehead atoms. The predicted octanol–water partition coefficient (Wildman–Crippen LogP) is 4.38. The van der Waals surface area contributed by atoms with Crippen molar-refractivity contribution in [2.24, 2.45) is 0 Å². The molecule has 0 unspecified atom stereocenters. The fourth-order valence-electron chi connectivity index (χ4n) is 1.92. The van der Waals surface area contributed by atoms with Crippen LogP contribution in [0.3, 0.4) is 0 Å². The molecule has 110 valence electrons. The summed E-state index contributed by atoms with van der Waals surface area (Å²) in [4.78, 5) is 11.4. The van der Waals surface area contributed by atoms with Crippen LogP contribution in [0.25, 0.3) is 0 Å². The Bertz CT molecular complexity index is 656. The van der Waals surface area contributed by atoms with E-state index >= 15 is 0 Å². The van der Waals surface area contributed by atoms with Crippen LogP contribution in [0.4, 0.5) is 0 Å². The topological polar surface area (TPSA) is 46.5 Å². The number of rotatable bonds is 5. The van der Waals surface area contributed by atoms with Gasteiger partial charge in [0.05, 0.1) is 0 Å². The van der Waals surface area contributed by atoms with Gasteiger partial charge >= 0.3 is 5.97 Å². The minimum absolute atomic E-state index is 0.166. The highest BCUT2D eigenvalue weighted by molar-refractivity contribution is 6.35. The summed E-state index contributed by atoms with van der Waals surface area (Å²) >= 11 is 11.9. The molecule has 0 saturated heterocycles. The standard InChI is InChI=1S/C16H14Cl2O3/c1-10-3-2-4-13(7-10)21-15(16(19)20)8-11-5-6-12(17)9-14(11)18/h2-7,9,15H,8H2,1H3,(H,19,20)/t15-/m1/s1. The highest BCUT2D eigenvalue weighted by Crippen LogP contribution is 2.24. The first kappa shape index (κ1) is 15.7. The molecule has 2 rings (SSSR count). The zero-order chi connectivity index (χ0) is 15.4. The number of hydrogen-bond donors (Lipinski definition) is 1. The van der Waals surface area contributed by atoms with Gasteiger partial charge in [0.25, 0.3) is 0 Å². The normalized spacial score (nSPS) is 12.0. The number of carboxylic acids is 1. The summed E-state index contributed by atoms with van der Waals surface area (Å²) in [6.07, 6.45) is -0.843. The summed E-state index contributed by atoms with van der Waals surface area (Å²) in [5, 5.41) is 10.3. The van der Waals surface area contributed by atoms with Crippen LogP contribution in [0, 0.1) is 6.92 Å². The van der Waals surface area contributed by atoms with Crippen LogP contribution in [0.1, 0.15) is 11.1 Å². The SMILES string of the molecule is Cc1cccc(O[C@H](Cc2ccc(Cl)cc2Cl)C(=O)O)c1. The molecule has 5 heteroatoms. The van der Waals surface area contributed by atoms with Crippen LogP contribution in [0.15, 0.2) is 42.5 Å². The second-order valence-electron chi connectivity index (χ2n) is 4.70. The lowest BCUT2D eigenvalue weighted by Gasteiger charge is -2.16. The van der Waals surface area contributed by atoms with Crippen molar-refractivity contribution < 1.29 is 14.6 Å². The van der Waals surface area contributed by atoms with Crippen LogP contribution in [0.2, 0.25) is 10.0 Å². The quantitative estimate of drug-likeness (QED) is 0.887. The van der Waals surface area contributed by atoms with Gasteiger partial charge in [-0.1, -0.05) is 41.4 Å². The maximum Gasteiger partial charge on any atom is 0.345 e. The Morgan fingerprint density at radius 1 is 1.24 bits per heavy atom. The van der Waals surface area contributed by atoms with Gasteiger partial charge < -0.3 is 9.84 Å². The van der Waals surface area contributed by atoms with Crippen molar-refractivity contribution in [1.82, 2.24) is 0 Å². The molecule has 1 N–H and O–H groups in total. The Hall–Kier alpha value is -1.71. The van der Waals surface area contributed by atoms with Gasteiger partial charge in [-0.3, -0.25) is 0 Å². The Balaban J connectivity index is 2.18. The third kappa shape index (κ3) is 4.38. The van der Waals surface area contributed by atoms with Gasteiger partial charge in [-0.15, -0.1) is 0 Å². The van der Waals surface area contributed by atoms with Crippen LogP contribution >= 0.6 is 23.2 Å². The lowest BCUT2D eigenvalue weighted by molar-refractivity contribution is -0.145. The summed E-state index contributed by atoms with van der Waals surface area (Å²) in [5.41, 5.74) is 1.68. The first-order valence-corrected chi connectivity index (χ1v) is 7.11. The van der Waals surface area contributed by atoms with Crippen molar-refractivity contribution in [2.45, 2.75) is 19.4 Å². The van der Waals surface area contributed by atoms with Gasteiger partial charge in [0.1, 0.15) is 5.75 Å². The van der Waals surface area contributed by atoms with E-state index in [-0.39, 0.29) is 6.42 Å². The molecule has 2 aromatic rings. The fourth-order valence-corrected chi connectivity index (χ4v) is 2.40. The molecule has 0 aromatic heterocycles. The third-order valence-electron chi connectivity index (χ3n) is 2.96. The summed E-state index contributed by atoms with van der Waals surface area (Å²) in [6, 6.07) is 12.2. The average Bonchev–Trinajstić information content (AvgIpc) is 2.40. The van der Waals surface area contributed by atoms with Gasteiger partial charge in [0.2, 0.25) is 0 Å². The van der Waals surface area contributed by atoms with Crippen LogP contribution < -0.4 is 4.74 Å². The molecule has 0 radical (unpaired) electrons. The smallest absolute Gasteiger partial charge is 0.345 e. The molecule has 0 fully saturated rings. The Kier molecular flexibility index (Phi) is 5.10. The Morgan fingerprint density at radius 3 is 2.62 bits per heavy atom. The summed E-state index contributed by atoms with van der Waals surface area (Å²) < 4.78 is 5.55. The zero-order valence-corrected chi connectivity index (χ0v) is 12.9. The predicted molar refractivity (Wildman–Crippen MR) is 83.4 cm³/mol. The minimum Gasteiger partial charge on any atom is -0.478 e. The number of aliphatic carboxylic acids is 1. The number of aryl methyl sites for hydroxylation is 1. The first-order chi connectivity index (χ1) is 9.95. The van der Waals surface area contributed by atoms with Gasteiger partial charge in [-0.05, 0) is 42.3 Å². The number of benzene rings is 2. The minimum atomic E-state index is -1.04. The molecule has 2 aromatic carbocycles. The summed E-state index contributed by atoms with van der Waals surface area (Å²) in [7, 11) is 0. The highest BCUT2D eigenvalue weighted by atomic mass is 35.5. The monoisotopic (exact) mass is 324 g/mol. The number of carboxylic acid groups (broad SMARTS) is 1. The first-order valence-electron chi connectivity index (χ1n) is 6.36. The van der Waals surface area contributed by atoms with Crippen LogP contribution in [-0.4, -0.2) is 17.2 Å². The maximum absolute atomic E-state index is 11.4. The lowest BCUT2D eigenvalue weighted by Crippen LogP contribution is -2.29. The molecule has 21 heavy (non-hydrogen) atoms. The van der Waals surface area contributed by atoms with E-state index in [9.17, 15) is 9.90 Å². The number of hydrogen-bond acceptors (Lipinski definition) is 2. The van der Waals surface area contributed by atoms with E-state index < -0.39 is 12.1 Å². The molecular weight excluding hydrogens is 311 g/mol. The van der Waals surface area contributed by atoms with Gasteiger partial charge in [-0.2, -0.15) is 0 Å². The van der Waals surface area contributed by atoms with E-state index in [1.165, 1.54) is 0 Å². The number of ether oxygens (including phenoxy) is 1. The molecule has 3 nitrogen and oxygen atoms in total. The maximum atomic E-state index is 11.4. The van der Waals surface area contributed by atoms with E-state index in [1.807, 2.05) is 19.1 Å². The lowest BCUT2D eigenvalue weighted by atomic mass is 10.1. The van der Waals surface area contributed by atoms with Crippen molar-refractivity contribution in [3.8, 4) is 5.75 Å². The van der Waals surface area contributed by atoms with Crippen molar-refractivity contribution in [3.63, 3.8) is 0 Å². The zero-order valence-electron chi connectivity index (χ0n) is 11.3. The number of carbonyl (C=O) groups is 1. The van der Waals surface area contributed by atoms with E-state index in [1.54, 1.807) is 30.3 Å². The van der Waals surface area contributed by atoms with E-state index in [2.05, 4.69) is 0 Å². The van der Waals surface area contributed by atoms with E-state index in [0.717, 1.165) is 5.56 Å². The molecular formula is C16H14Cl2O3. The van der Waals surface area contributed by atoms with Gasteiger partial charge in [0.15, 0.2) is 6.10 Å². The second kappa shape index (κ2) is 6.83. The molecule has 0 saturated carbocycles. The van der Waals surface area contributed by atoms with E-state index in [4.69, 9.17) is 27.9 Å². The van der Waals surface area contributed by atoms with Crippen molar-refractivity contribution >= 4 is 29.2 Å². The molecule has 0 heterocycles.